The molecule has 2 fully saturated rings. The van der Waals surface area contributed by atoms with Gasteiger partial charge in [0, 0.05) is 29.8 Å². The van der Waals surface area contributed by atoms with Crippen LogP contribution in [0.15, 0.2) is 36.2 Å². The number of aromatic nitrogens is 3. The number of nitrogens with zero attached hydrogens (tertiary/aromatic N) is 4. The van der Waals surface area contributed by atoms with Crippen LogP contribution in [-0.2, 0) is 20.9 Å². The maximum atomic E-state index is 14.7. The first-order chi connectivity index (χ1) is 15.0. The normalized spacial score (nSPS) is 21.1. The summed E-state index contributed by atoms with van der Waals surface area (Å²) in [6.07, 6.45) is 5.67. The Kier molecular flexibility index (Phi) is 8.08. The molecule has 2 atom stereocenters. The third kappa shape index (κ3) is 5.39. The highest BCUT2D eigenvalue weighted by atomic mass is 35.5. The summed E-state index contributed by atoms with van der Waals surface area (Å²) in [6, 6.07) is 5.88. The second-order valence-corrected chi connectivity index (χ2v) is 8.57. The van der Waals surface area contributed by atoms with Gasteiger partial charge in [-0.15, -0.1) is 12.4 Å². The van der Waals surface area contributed by atoms with Crippen molar-refractivity contribution in [1.82, 2.24) is 19.7 Å². The highest BCUT2D eigenvalue weighted by Crippen LogP contribution is 2.39. The lowest BCUT2D eigenvalue weighted by atomic mass is 9.93. The van der Waals surface area contributed by atoms with E-state index in [0.29, 0.717) is 30.9 Å². The Morgan fingerprint density at radius 3 is 2.75 bits per heavy atom. The molecule has 1 aliphatic heterocycles. The average Bonchev–Trinajstić information content (AvgIpc) is 3.53. The molecule has 10 heteroatoms. The van der Waals surface area contributed by atoms with Gasteiger partial charge < -0.3 is 4.74 Å². The number of likely N-dealkylation sites (tertiary alicyclic amines) is 1. The van der Waals surface area contributed by atoms with E-state index >= 15 is 0 Å². The van der Waals surface area contributed by atoms with Crippen LogP contribution in [0.1, 0.15) is 36.7 Å². The number of carbonyl (C=O) groups is 2. The van der Waals surface area contributed by atoms with Crippen LogP contribution in [0.4, 0.5) is 4.39 Å². The molecule has 2 aliphatic rings. The molecule has 32 heavy (non-hydrogen) atoms. The molecule has 1 saturated heterocycles. The lowest BCUT2D eigenvalue weighted by molar-refractivity contribution is -0.141. The number of rotatable bonds is 7. The Morgan fingerprint density at radius 1 is 1.31 bits per heavy atom. The van der Waals surface area contributed by atoms with Crippen molar-refractivity contribution in [3.8, 4) is 0 Å². The zero-order valence-corrected chi connectivity index (χ0v) is 19.4. The Hall–Kier alpha value is -2.23. The first kappa shape index (κ1) is 24.4. The molecule has 172 valence electrons. The van der Waals surface area contributed by atoms with Gasteiger partial charge in [-0.3, -0.25) is 14.5 Å². The topological polar surface area (TPSA) is 77.3 Å². The monoisotopic (exact) mass is 480 g/mol. The molecule has 2 unspecified atom stereocenters. The SMILES string of the molecule is COC(=O)Cn1ncnc1C=C1CN(C(C(=O)C2CC2)c2ccccc2F)CCC1S.Cl. The number of benzene rings is 1. The number of ketones is 1. The average molecular weight is 481 g/mol. The number of Topliss-reactive ketones (excluding diaryl/α,β-unsaturated/α-hetero) is 1. The van der Waals surface area contributed by atoms with E-state index < -0.39 is 12.0 Å². The van der Waals surface area contributed by atoms with Gasteiger partial charge in [-0.25, -0.2) is 14.1 Å². The molecule has 0 amide bonds. The van der Waals surface area contributed by atoms with Crippen molar-refractivity contribution in [1.29, 1.82) is 0 Å². The fourth-order valence-corrected chi connectivity index (χ4v) is 4.20. The number of hydrogen-bond donors (Lipinski definition) is 1. The molecular weight excluding hydrogens is 455 g/mol. The minimum Gasteiger partial charge on any atom is -0.468 e. The van der Waals surface area contributed by atoms with E-state index in [-0.39, 0.29) is 41.7 Å². The van der Waals surface area contributed by atoms with Crippen LogP contribution in [0.5, 0.6) is 0 Å². The Morgan fingerprint density at radius 2 is 2.06 bits per heavy atom. The summed E-state index contributed by atoms with van der Waals surface area (Å²) < 4.78 is 20.8. The van der Waals surface area contributed by atoms with Gasteiger partial charge in [0.15, 0.2) is 11.6 Å². The molecular formula is C22H26ClFN4O3S. The van der Waals surface area contributed by atoms with Gasteiger partial charge in [0.2, 0.25) is 0 Å². The fourth-order valence-electron chi connectivity index (χ4n) is 3.93. The summed E-state index contributed by atoms with van der Waals surface area (Å²) in [4.78, 5) is 31.0. The van der Waals surface area contributed by atoms with E-state index in [1.165, 1.54) is 24.2 Å². The van der Waals surface area contributed by atoms with Crippen molar-refractivity contribution in [2.24, 2.45) is 5.92 Å². The smallest absolute Gasteiger partial charge is 0.327 e. The first-order valence-corrected chi connectivity index (χ1v) is 10.8. The van der Waals surface area contributed by atoms with Gasteiger partial charge in [0.05, 0.1) is 13.2 Å². The van der Waals surface area contributed by atoms with Crippen LogP contribution < -0.4 is 0 Å². The number of hydrogen-bond acceptors (Lipinski definition) is 7. The molecule has 4 rings (SSSR count). The van der Waals surface area contributed by atoms with Crippen LogP contribution in [0.25, 0.3) is 6.08 Å². The van der Waals surface area contributed by atoms with Crippen molar-refractivity contribution in [2.45, 2.75) is 37.1 Å². The summed E-state index contributed by atoms with van der Waals surface area (Å²) in [5.74, 6) is -0.188. The Labute approximate surface area is 197 Å². The molecule has 0 bridgehead atoms. The lowest BCUT2D eigenvalue weighted by Crippen LogP contribution is -2.42. The van der Waals surface area contributed by atoms with E-state index in [1.54, 1.807) is 18.2 Å². The van der Waals surface area contributed by atoms with E-state index in [0.717, 1.165) is 18.4 Å². The third-order valence-electron chi connectivity index (χ3n) is 5.78. The zero-order valence-electron chi connectivity index (χ0n) is 17.7. The van der Waals surface area contributed by atoms with Crippen molar-refractivity contribution in [3.05, 3.63) is 53.4 Å². The van der Waals surface area contributed by atoms with Crippen LogP contribution in [0, 0.1) is 11.7 Å². The quantitative estimate of drug-likeness (QED) is 0.484. The van der Waals surface area contributed by atoms with Gasteiger partial charge in [-0.1, -0.05) is 18.2 Å². The third-order valence-corrected chi connectivity index (χ3v) is 6.37. The summed E-state index contributed by atoms with van der Waals surface area (Å²) >= 11 is 4.71. The number of halogens is 2. The van der Waals surface area contributed by atoms with E-state index in [2.05, 4.69) is 10.1 Å². The van der Waals surface area contributed by atoms with Crippen molar-refractivity contribution in [2.75, 3.05) is 20.2 Å². The van der Waals surface area contributed by atoms with Crippen LogP contribution in [0.3, 0.4) is 0 Å². The molecule has 1 saturated carbocycles. The predicted molar refractivity (Wildman–Crippen MR) is 123 cm³/mol. The number of piperidine rings is 1. The van der Waals surface area contributed by atoms with Crippen molar-refractivity contribution < 1.29 is 18.7 Å². The zero-order chi connectivity index (χ0) is 22.0. The van der Waals surface area contributed by atoms with Crippen LogP contribution >= 0.6 is 25.0 Å². The molecule has 7 nitrogen and oxygen atoms in total. The van der Waals surface area contributed by atoms with Crippen molar-refractivity contribution >= 4 is 42.9 Å². The second-order valence-electron chi connectivity index (χ2n) is 7.95. The molecule has 1 aliphatic carbocycles. The van der Waals surface area contributed by atoms with Gasteiger partial charge >= 0.3 is 5.97 Å². The molecule has 2 heterocycles. The number of carbonyl (C=O) groups excluding carboxylic acids is 2. The van der Waals surface area contributed by atoms with E-state index in [9.17, 15) is 14.0 Å². The molecule has 0 radical (unpaired) electrons. The standard InChI is InChI=1S/C22H25FN4O3S.ClH/c1-30-20(28)12-27-19(24-13-25-27)10-15-11-26(9-8-18(15)31)21(22(29)14-6-7-14)16-4-2-3-5-17(16)23;/h2-5,10,13-14,18,21,31H,6-9,11-12H2,1H3;1H. The van der Waals surface area contributed by atoms with E-state index in [4.69, 9.17) is 17.4 Å². The number of thiol groups is 1. The summed E-state index contributed by atoms with van der Waals surface area (Å²) in [7, 11) is 1.32. The molecule has 0 spiro atoms. The Bertz CT molecular complexity index is 1010. The van der Waals surface area contributed by atoms with Crippen molar-refractivity contribution in [3.63, 3.8) is 0 Å². The molecule has 1 aromatic carbocycles. The predicted octanol–water partition coefficient (Wildman–Crippen LogP) is 3.12. The highest BCUT2D eigenvalue weighted by Gasteiger charge is 2.40. The van der Waals surface area contributed by atoms with Gasteiger partial charge in [0.1, 0.15) is 18.7 Å². The first-order valence-electron chi connectivity index (χ1n) is 10.3. The number of methoxy groups -OCH3 is 1. The number of ether oxygens (including phenoxy) is 1. The second kappa shape index (κ2) is 10.6. The minimum atomic E-state index is -0.620. The van der Waals surface area contributed by atoms with Gasteiger partial charge in [-0.05, 0) is 37.0 Å². The summed E-state index contributed by atoms with van der Waals surface area (Å²) in [5.41, 5.74) is 1.36. The van der Waals surface area contributed by atoms with Crippen LogP contribution in [0.2, 0.25) is 0 Å². The maximum absolute atomic E-state index is 14.7. The molecule has 1 aromatic heterocycles. The largest absolute Gasteiger partial charge is 0.468 e. The highest BCUT2D eigenvalue weighted by molar-refractivity contribution is 7.81. The number of esters is 1. The maximum Gasteiger partial charge on any atom is 0.327 e. The lowest BCUT2D eigenvalue weighted by Gasteiger charge is -2.37. The minimum absolute atomic E-state index is 0. The van der Waals surface area contributed by atoms with Gasteiger partial charge in [0.25, 0.3) is 0 Å². The summed E-state index contributed by atoms with van der Waals surface area (Å²) in [6.45, 7) is 1.04. The fraction of sp³-hybridized carbons (Fsp3) is 0.455. The summed E-state index contributed by atoms with van der Waals surface area (Å²) in [5, 5.41) is 4.05. The molecule has 2 aromatic rings. The Balaban J connectivity index is 0.00000289. The van der Waals surface area contributed by atoms with E-state index in [1.807, 2.05) is 11.0 Å². The molecule has 0 N–H and O–H groups in total. The van der Waals surface area contributed by atoms with Crippen LogP contribution in [-0.4, -0.2) is 56.9 Å². The van der Waals surface area contributed by atoms with Gasteiger partial charge in [-0.2, -0.15) is 17.7 Å².